The molecule has 2 amide bonds. The standard InChI is InChI=1S/C10H16N2O2/c13-9(7-3-1-4-7)11-12-10(14)8-5-2-6-8/h7-8H,1-6H2,(H,11,13)(H,12,14). The molecule has 0 atom stereocenters. The Balaban J connectivity index is 1.65. The molecule has 0 unspecified atom stereocenters. The fraction of sp³-hybridized carbons (Fsp3) is 0.800. The largest absolute Gasteiger partial charge is 0.273 e. The van der Waals surface area contributed by atoms with Gasteiger partial charge in [-0.2, -0.15) is 0 Å². The first kappa shape index (κ1) is 9.49. The number of hydrazine groups is 1. The molecule has 14 heavy (non-hydrogen) atoms. The van der Waals surface area contributed by atoms with E-state index in [0.29, 0.717) is 0 Å². The number of carbonyl (C=O) groups is 2. The number of nitrogens with one attached hydrogen (secondary N) is 2. The van der Waals surface area contributed by atoms with Gasteiger partial charge in [0.25, 0.3) is 0 Å². The Kier molecular flexibility index (Phi) is 2.70. The molecule has 2 rings (SSSR count). The molecule has 2 aliphatic rings. The minimum absolute atomic E-state index is 0.0241. The van der Waals surface area contributed by atoms with Gasteiger partial charge in [0.2, 0.25) is 11.8 Å². The summed E-state index contributed by atoms with van der Waals surface area (Å²) in [5.41, 5.74) is 4.99. The maximum absolute atomic E-state index is 11.3. The van der Waals surface area contributed by atoms with Crippen LogP contribution in [0, 0.1) is 11.8 Å². The van der Waals surface area contributed by atoms with Crippen LogP contribution in [-0.4, -0.2) is 11.8 Å². The van der Waals surface area contributed by atoms with Gasteiger partial charge in [0.05, 0.1) is 0 Å². The first-order valence-corrected chi connectivity index (χ1v) is 5.37. The molecule has 0 aliphatic heterocycles. The van der Waals surface area contributed by atoms with Crippen LogP contribution in [0.2, 0.25) is 0 Å². The van der Waals surface area contributed by atoms with Crippen molar-refractivity contribution in [1.29, 1.82) is 0 Å². The van der Waals surface area contributed by atoms with Crippen molar-refractivity contribution in [1.82, 2.24) is 10.9 Å². The Bertz CT molecular complexity index is 219. The highest BCUT2D eigenvalue weighted by Crippen LogP contribution is 2.27. The van der Waals surface area contributed by atoms with Crippen LogP contribution in [0.3, 0.4) is 0 Å². The number of hydrogen-bond acceptors (Lipinski definition) is 2. The average Bonchev–Trinajstić information content (AvgIpc) is 1.94. The van der Waals surface area contributed by atoms with Crippen LogP contribution in [0.25, 0.3) is 0 Å². The zero-order valence-electron chi connectivity index (χ0n) is 8.21. The summed E-state index contributed by atoms with van der Waals surface area (Å²) in [4.78, 5) is 22.7. The van der Waals surface area contributed by atoms with Crippen molar-refractivity contribution in [2.45, 2.75) is 38.5 Å². The molecule has 0 radical (unpaired) electrons. The van der Waals surface area contributed by atoms with Crippen molar-refractivity contribution in [2.24, 2.45) is 11.8 Å². The molecule has 2 fully saturated rings. The summed E-state index contributed by atoms with van der Waals surface area (Å²) < 4.78 is 0. The van der Waals surface area contributed by atoms with E-state index in [4.69, 9.17) is 0 Å². The predicted octanol–water partition coefficient (Wildman–Crippen LogP) is 0.734. The summed E-state index contributed by atoms with van der Waals surface area (Å²) in [5, 5.41) is 0. The molecule has 0 aromatic carbocycles. The predicted molar refractivity (Wildman–Crippen MR) is 51.0 cm³/mol. The first-order chi connectivity index (χ1) is 6.77. The van der Waals surface area contributed by atoms with Gasteiger partial charge in [-0.15, -0.1) is 0 Å². The minimum atomic E-state index is -0.0241. The van der Waals surface area contributed by atoms with Crippen LogP contribution >= 0.6 is 0 Å². The van der Waals surface area contributed by atoms with E-state index in [1.807, 2.05) is 0 Å². The van der Waals surface area contributed by atoms with Gasteiger partial charge in [-0.05, 0) is 25.7 Å². The van der Waals surface area contributed by atoms with Crippen LogP contribution in [0.1, 0.15) is 38.5 Å². The van der Waals surface area contributed by atoms with Crippen LogP contribution in [0.15, 0.2) is 0 Å². The van der Waals surface area contributed by atoms with Gasteiger partial charge in [-0.3, -0.25) is 20.4 Å². The molecule has 2 saturated carbocycles. The van der Waals surface area contributed by atoms with Gasteiger partial charge in [0.1, 0.15) is 0 Å². The zero-order valence-corrected chi connectivity index (χ0v) is 8.21. The summed E-state index contributed by atoms with van der Waals surface area (Å²) in [6, 6.07) is 0. The van der Waals surface area contributed by atoms with E-state index in [-0.39, 0.29) is 23.7 Å². The summed E-state index contributed by atoms with van der Waals surface area (Å²) in [5.74, 6) is 0.223. The molecule has 0 heterocycles. The smallest absolute Gasteiger partial charge is 0.241 e. The quantitative estimate of drug-likeness (QED) is 0.640. The Morgan fingerprint density at radius 3 is 1.36 bits per heavy atom. The van der Waals surface area contributed by atoms with Crippen LogP contribution in [0.4, 0.5) is 0 Å². The molecule has 4 nitrogen and oxygen atoms in total. The Morgan fingerprint density at radius 2 is 1.14 bits per heavy atom. The van der Waals surface area contributed by atoms with E-state index in [9.17, 15) is 9.59 Å². The Morgan fingerprint density at radius 1 is 0.786 bits per heavy atom. The van der Waals surface area contributed by atoms with Crippen molar-refractivity contribution in [3.05, 3.63) is 0 Å². The van der Waals surface area contributed by atoms with Gasteiger partial charge in [0, 0.05) is 11.8 Å². The lowest BCUT2D eigenvalue weighted by atomic mass is 9.84. The van der Waals surface area contributed by atoms with E-state index in [2.05, 4.69) is 10.9 Å². The van der Waals surface area contributed by atoms with Crippen molar-refractivity contribution in [3.63, 3.8) is 0 Å². The van der Waals surface area contributed by atoms with Crippen molar-refractivity contribution < 1.29 is 9.59 Å². The summed E-state index contributed by atoms with van der Waals surface area (Å²) in [6.07, 6.45) is 6.12. The minimum Gasteiger partial charge on any atom is -0.273 e. The molecule has 2 aliphatic carbocycles. The maximum Gasteiger partial charge on any atom is 0.241 e. The summed E-state index contributed by atoms with van der Waals surface area (Å²) in [7, 11) is 0. The SMILES string of the molecule is O=C(NNC(=O)C1CCC1)C1CCC1. The molecule has 0 aromatic rings. The molecular weight excluding hydrogens is 180 g/mol. The molecule has 0 bridgehead atoms. The summed E-state index contributed by atoms with van der Waals surface area (Å²) >= 11 is 0. The molecular formula is C10H16N2O2. The van der Waals surface area contributed by atoms with Crippen molar-refractivity contribution in [3.8, 4) is 0 Å². The van der Waals surface area contributed by atoms with E-state index in [1.165, 1.54) is 0 Å². The van der Waals surface area contributed by atoms with Gasteiger partial charge in [-0.25, -0.2) is 0 Å². The lowest BCUT2D eigenvalue weighted by Crippen LogP contribution is -2.49. The average molecular weight is 196 g/mol. The lowest BCUT2D eigenvalue weighted by molar-refractivity contribution is -0.135. The Hall–Kier alpha value is -1.06. The zero-order chi connectivity index (χ0) is 9.97. The second-order valence-corrected chi connectivity index (χ2v) is 4.23. The monoisotopic (exact) mass is 196 g/mol. The van der Waals surface area contributed by atoms with E-state index < -0.39 is 0 Å². The third-order valence-corrected chi connectivity index (χ3v) is 3.26. The number of amides is 2. The molecule has 0 saturated heterocycles. The van der Waals surface area contributed by atoms with Crippen molar-refractivity contribution >= 4 is 11.8 Å². The molecule has 78 valence electrons. The van der Waals surface area contributed by atoms with Crippen LogP contribution in [-0.2, 0) is 9.59 Å². The molecule has 4 heteroatoms. The number of carbonyl (C=O) groups excluding carboxylic acids is 2. The van der Waals surface area contributed by atoms with E-state index >= 15 is 0 Å². The van der Waals surface area contributed by atoms with Gasteiger partial charge in [-0.1, -0.05) is 12.8 Å². The third kappa shape index (κ3) is 1.89. The molecule has 0 spiro atoms. The highest BCUT2D eigenvalue weighted by Gasteiger charge is 2.28. The fourth-order valence-corrected chi connectivity index (χ4v) is 1.67. The maximum atomic E-state index is 11.3. The van der Waals surface area contributed by atoms with Crippen LogP contribution in [0.5, 0.6) is 0 Å². The highest BCUT2D eigenvalue weighted by molar-refractivity contribution is 5.85. The topological polar surface area (TPSA) is 58.2 Å². The second kappa shape index (κ2) is 3.98. The second-order valence-electron chi connectivity index (χ2n) is 4.23. The van der Waals surface area contributed by atoms with Gasteiger partial charge < -0.3 is 0 Å². The van der Waals surface area contributed by atoms with Crippen molar-refractivity contribution in [2.75, 3.05) is 0 Å². The van der Waals surface area contributed by atoms with Gasteiger partial charge >= 0.3 is 0 Å². The lowest BCUT2D eigenvalue weighted by Gasteiger charge is -2.27. The van der Waals surface area contributed by atoms with Crippen LogP contribution < -0.4 is 10.9 Å². The number of rotatable bonds is 2. The first-order valence-electron chi connectivity index (χ1n) is 5.37. The number of hydrogen-bond donors (Lipinski definition) is 2. The van der Waals surface area contributed by atoms with E-state index in [0.717, 1.165) is 38.5 Å². The fourth-order valence-electron chi connectivity index (χ4n) is 1.67. The normalized spacial score (nSPS) is 22.0. The van der Waals surface area contributed by atoms with E-state index in [1.54, 1.807) is 0 Å². The molecule has 2 N–H and O–H groups in total. The summed E-state index contributed by atoms with van der Waals surface area (Å²) in [6.45, 7) is 0. The Labute approximate surface area is 83.4 Å². The molecule has 0 aromatic heterocycles. The highest BCUT2D eigenvalue weighted by atomic mass is 16.2. The third-order valence-electron chi connectivity index (χ3n) is 3.26. The van der Waals surface area contributed by atoms with Gasteiger partial charge in [0.15, 0.2) is 0 Å².